The van der Waals surface area contributed by atoms with Gasteiger partial charge in [-0.1, -0.05) is 97.9 Å². The van der Waals surface area contributed by atoms with Crippen molar-refractivity contribution in [3.05, 3.63) is 108 Å². The van der Waals surface area contributed by atoms with Crippen LogP contribution in [0.5, 0.6) is 0 Å². The fraction of sp³-hybridized carbons (Fsp3) is 0.296. The molecule has 0 saturated carbocycles. The van der Waals surface area contributed by atoms with Crippen LogP contribution in [0.3, 0.4) is 0 Å². The lowest BCUT2D eigenvalue weighted by Crippen LogP contribution is -2.14. The second-order valence-electron chi connectivity index (χ2n) is 7.48. The van der Waals surface area contributed by atoms with E-state index < -0.39 is 0 Å². The number of ether oxygens (including phenoxy) is 2. The molecule has 1 aliphatic heterocycles. The summed E-state index contributed by atoms with van der Waals surface area (Å²) in [6.07, 6.45) is 0.708. The average Bonchev–Trinajstić information content (AvgIpc) is 3.18. The summed E-state index contributed by atoms with van der Waals surface area (Å²) in [5.74, 6) is -0.0846. The summed E-state index contributed by atoms with van der Waals surface area (Å²) in [6.45, 7) is 3.23. The molecule has 1 fully saturated rings. The van der Waals surface area contributed by atoms with Gasteiger partial charge < -0.3 is 19.7 Å². The van der Waals surface area contributed by atoms with Crippen molar-refractivity contribution in [1.29, 1.82) is 0 Å². The number of benzene rings is 3. The van der Waals surface area contributed by atoms with Gasteiger partial charge in [0, 0.05) is 0 Å². The van der Waals surface area contributed by atoms with Gasteiger partial charge in [0.2, 0.25) is 0 Å². The first-order valence-electron chi connectivity index (χ1n) is 10.7. The molecule has 2 atom stereocenters. The smallest absolute Gasteiger partial charge is 0.309 e. The van der Waals surface area contributed by atoms with Gasteiger partial charge in [-0.15, -0.1) is 0 Å². The van der Waals surface area contributed by atoms with E-state index in [0.717, 1.165) is 23.1 Å². The van der Waals surface area contributed by atoms with E-state index >= 15 is 0 Å². The molecule has 0 spiro atoms. The summed E-state index contributed by atoms with van der Waals surface area (Å²) >= 11 is 0. The molecular weight excluding hydrogens is 404 g/mol. The van der Waals surface area contributed by atoms with Crippen molar-refractivity contribution in [3.63, 3.8) is 0 Å². The summed E-state index contributed by atoms with van der Waals surface area (Å²) in [6, 6.07) is 29.0. The quantitative estimate of drug-likeness (QED) is 0.556. The summed E-state index contributed by atoms with van der Waals surface area (Å²) in [4.78, 5) is 11.1. The van der Waals surface area contributed by atoms with Crippen LogP contribution in [0.2, 0.25) is 0 Å². The van der Waals surface area contributed by atoms with Crippen LogP contribution in [0.1, 0.15) is 30.0 Å². The molecule has 0 aliphatic carbocycles. The zero-order valence-electron chi connectivity index (χ0n) is 18.5. The van der Waals surface area contributed by atoms with Gasteiger partial charge in [-0.25, -0.2) is 0 Å². The number of rotatable bonds is 6. The van der Waals surface area contributed by atoms with Crippen LogP contribution < -0.4 is 0 Å². The third-order valence-corrected chi connectivity index (χ3v) is 4.77. The summed E-state index contributed by atoms with van der Waals surface area (Å²) in [7, 11) is 0. The number of cyclic esters (lactones) is 1. The Kier molecular flexibility index (Phi) is 11.8. The fourth-order valence-corrected chi connectivity index (χ4v) is 2.97. The van der Waals surface area contributed by atoms with Crippen LogP contribution in [0.15, 0.2) is 91.0 Å². The molecule has 0 amide bonds. The lowest BCUT2D eigenvalue weighted by atomic mass is 10.1. The highest BCUT2D eigenvalue weighted by atomic mass is 16.6. The molecular formula is C27H32O5. The highest BCUT2D eigenvalue weighted by molar-refractivity contribution is 5.74. The highest BCUT2D eigenvalue weighted by Gasteiger charge is 2.30. The number of aliphatic hydroxyl groups excluding tert-OH is 2. The van der Waals surface area contributed by atoms with Gasteiger partial charge in [-0.05, 0) is 23.1 Å². The van der Waals surface area contributed by atoms with Crippen molar-refractivity contribution in [2.24, 2.45) is 5.92 Å². The van der Waals surface area contributed by atoms with Gasteiger partial charge in [0.15, 0.2) is 0 Å². The van der Waals surface area contributed by atoms with Crippen molar-refractivity contribution in [2.75, 3.05) is 6.61 Å². The second kappa shape index (κ2) is 14.9. The summed E-state index contributed by atoms with van der Waals surface area (Å²) in [5, 5.41) is 17.1. The van der Waals surface area contributed by atoms with E-state index in [1.54, 1.807) is 0 Å². The highest BCUT2D eigenvalue weighted by Crippen LogP contribution is 2.20. The monoisotopic (exact) mass is 436 g/mol. The van der Waals surface area contributed by atoms with E-state index in [4.69, 9.17) is 19.7 Å². The Hall–Kier alpha value is -2.99. The Bertz CT molecular complexity index is 829. The Morgan fingerprint density at radius 3 is 1.56 bits per heavy atom. The molecule has 0 bridgehead atoms. The first-order valence-corrected chi connectivity index (χ1v) is 10.7. The van der Waals surface area contributed by atoms with Crippen molar-refractivity contribution in [3.8, 4) is 0 Å². The minimum atomic E-state index is -0.103. The zero-order chi connectivity index (χ0) is 23.0. The molecule has 32 heavy (non-hydrogen) atoms. The number of carbonyl (C=O) groups is 1. The number of hydrogen-bond acceptors (Lipinski definition) is 5. The number of carbonyl (C=O) groups excluding carboxylic acids is 1. The Morgan fingerprint density at radius 1 is 0.781 bits per heavy atom. The molecule has 5 heteroatoms. The van der Waals surface area contributed by atoms with E-state index in [0.29, 0.717) is 13.2 Å². The first-order chi connectivity index (χ1) is 15.6. The maximum Gasteiger partial charge on any atom is 0.309 e. The molecule has 5 nitrogen and oxygen atoms in total. The van der Waals surface area contributed by atoms with Crippen molar-refractivity contribution in [1.82, 2.24) is 0 Å². The molecule has 3 aromatic carbocycles. The molecule has 4 rings (SSSR count). The molecule has 2 N–H and O–H groups in total. The average molecular weight is 437 g/mol. The lowest BCUT2D eigenvalue weighted by Gasteiger charge is -2.09. The standard InChI is InChI=1S/C13H16O3.2C7H8O/c1-10-7-12(16-13(10)14)9-15-8-11-5-3-2-4-6-11;2*8-6-7-4-2-1-3-5-7/h2-6,10,12H,7-9H2,1H3;2*1-5,8H,6H2/t10-,12?;;/m0../s1. The number of aliphatic hydroxyl groups is 2. The Morgan fingerprint density at radius 2 is 1.22 bits per heavy atom. The van der Waals surface area contributed by atoms with E-state index in [2.05, 4.69) is 0 Å². The second-order valence-corrected chi connectivity index (χ2v) is 7.48. The van der Waals surface area contributed by atoms with E-state index in [-0.39, 0.29) is 31.2 Å². The van der Waals surface area contributed by atoms with Crippen LogP contribution in [0.4, 0.5) is 0 Å². The van der Waals surface area contributed by atoms with Crippen molar-refractivity contribution >= 4 is 5.97 Å². The van der Waals surface area contributed by atoms with Crippen LogP contribution in [0.25, 0.3) is 0 Å². The normalized spacial score (nSPS) is 16.8. The fourth-order valence-electron chi connectivity index (χ4n) is 2.97. The molecule has 0 radical (unpaired) electrons. The van der Waals surface area contributed by atoms with Gasteiger partial charge >= 0.3 is 5.97 Å². The van der Waals surface area contributed by atoms with E-state index in [1.165, 1.54) is 0 Å². The molecule has 170 valence electrons. The van der Waals surface area contributed by atoms with E-state index in [1.807, 2.05) is 97.9 Å². The third-order valence-electron chi connectivity index (χ3n) is 4.77. The molecule has 1 heterocycles. The lowest BCUT2D eigenvalue weighted by molar-refractivity contribution is -0.145. The van der Waals surface area contributed by atoms with Crippen LogP contribution in [-0.2, 0) is 34.1 Å². The maximum absolute atomic E-state index is 11.1. The minimum Gasteiger partial charge on any atom is -0.460 e. The van der Waals surface area contributed by atoms with Crippen molar-refractivity contribution in [2.45, 2.75) is 39.3 Å². The predicted octanol–water partition coefficient (Wildman–Crippen LogP) is 4.51. The number of hydrogen-bond donors (Lipinski definition) is 2. The van der Waals surface area contributed by atoms with E-state index in [9.17, 15) is 4.79 Å². The summed E-state index contributed by atoms with van der Waals surface area (Å²) < 4.78 is 10.7. The van der Waals surface area contributed by atoms with Gasteiger partial charge in [0.25, 0.3) is 0 Å². The molecule has 3 aromatic rings. The zero-order valence-corrected chi connectivity index (χ0v) is 18.5. The summed E-state index contributed by atoms with van der Waals surface area (Å²) in [5.41, 5.74) is 3.07. The van der Waals surface area contributed by atoms with Gasteiger partial charge in [-0.3, -0.25) is 4.79 Å². The van der Waals surface area contributed by atoms with Gasteiger partial charge in [-0.2, -0.15) is 0 Å². The van der Waals surface area contributed by atoms with Gasteiger partial charge in [0.1, 0.15) is 6.10 Å². The third kappa shape index (κ3) is 9.88. The van der Waals surface area contributed by atoms with Crippen LogP contribution in [0, 0.1) is 5.92 Å². The minimum absolute atomic E-state index is 0.0188. The SMILES string of the molecule is C[C@H]1CC(COCc2ccccc2)OC1=O.OCc1ccccc1.OCc1ccccc1. The Labute approximate surface area is 190 Å². The molecule has 1 aliphatic rings. The largest absolute Gasteiger partial charge is 0.460 e. The maximum atomic E-state index is 11.1. The number of esters is 1. The first kappa shape index (κ1) is 25.3. The molecule has 1 saturated heterocycles. The van der Waals surface area contributed by atoms with Gasteiger partial charge in [0.05, 0.1) is 32.3 Å². The van der Waals surface area contributed by atoms with Crippen LogP contribution in [-0.4, -0.2) is 28.9 Å². The topological polar surface area (TPSA) is 76.0 Å². The predicted molar refractivity (Wildman–Crippen MR) is 124 cm³/mol. The Balaban J connectivity index is 0.000000190. The van der Waals surface area contributed by atoms with Crippen molar-refractivity contribution < 1.29 is 24.5 Å². The molecule has 1 unspecified atom stereocenters. The molecule has 0 aromatic heterocycles. The van der Waals surface area contributed by atoms with Crippen LogP contribution >= 0.6 is 0 Å².